The SMILES string of the molecule is c1ccc(-c2ccc(-c3nc(-c4ccc(-c5ccccc5)cc4)nc(-c4ccc(-c5cc6ccccc6c(-c6ccccc6)n5)cc4)n3)cc2)cc1. The van der Waals surface area contributed by atoms with Gasteiger partial charge in [-0.3, -0.25) is 0 Å². The van der Waals surface area contributed by atoms with E-state index in [1.54, 1.807) is 0 Å². The molecule has 0 radical (unpaired) electrons. The summed E-state index contributed by atoms with van der Waals surface area (Å²) in [5.74, 6) is 1.86. The topological polar surface area (TPSA) is 51.6 Å². The fraction of sp³-hybridized carbons (Fsp3) is 0. The summed E-state index contributed by atoms with van der Waals surface area (Å²) in [6.45, 7) is 0. The van der Waals surface area contributed by atoms with E-state index in [9.17, 15) is 0 Å². The lowest BCUT2D eigenvalue weighted by molar-refractivity contribution is 1.07. The number of rotatable bonds is 7. The Morgan fingerprint density at radius 2 is 0.596 bits per heavy atom. The minimum absolute atomic E-state index is 0.613. The minimum atomic E-state index is 0.613. The lowest BCUT2D eigenvalue weighted by Crippen LogP contribution is -2.00. The first-order valence-corrected chi connectivity index (χ1v) is 17.4. The molecule has 0 fully saturated rings. The van der Waals surface area contributed by atoms with E-state index in [4.69, 9.17) is 19.9 Å². The van der Waals surface area contributed by atoms with Crippen molar-refractivity contribution in [2.45, 2.75) is 0 Å². The molecule has 0 aliphatic heterocycles. The van der Waals surface area contributed by atoms with Crippen LogP contribution >= 0.6 is 0 Å². The van der Waals surface area contributed by atoms with Crippen LogP contribution in [0.4, 0.5) is 0 Å². The molecule has 0 bridgehead atoms. The third kappa shape index (κ3) is 6.26. The monoisotopic (exact) mass is 664 g/mol. The smallest absolute Gasteiger partial charge is 0.164 e. The third-order valence-corrected chi connectivity index (χ3v) is 9.36. The molecule has 0 unspecified atom stereocenters. The average Bonchev–Trinajstić information content (AvgIpc) is 3.24. The molecular weight excluding hydrogens is 633 g/mol. The van der Waals surface area contributed by atoms with Crippen molar-refractivity contribution in [1.82, 2.24) is 19.9 Å². The second-order valence-electron chi connectivity index (χ2n) is 12.7. The van der Waals surface area contributed by atoms with Crippen molar-refractivity contribution < 1.29 is 0 Å². The number of hydrogen-bond donors (Lipinski definition) is 0. The molecule has 0 saturated carbocycles. The molecule has 0 aliphatic rings. The molecule has 0 spiro atoms. The Balaban J connectivity index is 1.11. The molecule has 9 aromatic rings. The first-order chi connectivity index (χ1) is 25.7. The molecule has 4 nitrogen and oxygen atoms in total. The van der Waals surface area contributed by atoms with Gasteiger partial charge in [0.2, 0.25) is 0 Å². The summed E-state index contributed by atoms with van der Waals surface area (Å²) >= 11 is 0. The number of fused-ring (bicyclic) bond motifs is 1. The average molecular weight is 665 g/mol. The summed E-state index contributed by atoms with van der Waals surface area (Å²) in [7, 11) is 0. The Labute approximate surface area is 302 Å². The maximum absolute atomic E-state index is 5.17. The van der Waals surface area contributed by atoms with Gasteiger partial charge in [0.1, 0.15) is 0 Å². The quantitative estimate of drug-likeness (QED) is 0.170. The number of aromatic nitrogens is 4. The van der Waals surface area contributed by atoms with E-state index in [0.29, 0.717) is 17.5 Å². The Morgan fingerprint density at radius 3 is 1.06 bits per heavy atom. The van der Waals surface area contributed by atoms with Crippen LogP contribution in [0.2, 0.25) is 0 Å². The Hall–Kier alpha value is -7.04. The van der Waals surface area contributed by atoms with Crippen molar-refractivity contribution in [3.05, 3.63) is 194 Å². The van der Waals surface area contributed by atoms with Gasteiger partial charge in [0, 0.05) is 33.2 Å². The summed E-state index contributed by atoms with van der Waals surface area (Å²) in [4.78, 5) is 20.2. The zero-order valence-electron chi connectivity index (χ0n) is 28.3. The van der Waals surface area contributed by atoms with Crippen LogP contribution in [0, 0.1) is 0 Å². The zero-order chi connectivity index (χ0) is 34.7. The number of hydrogen-bond acceptors (Lipinski definition) is 4. The molecule has 2 heterocycles. The van der Waals surface area contributed by atoms with E-state index < -0.39 is 0 Å². The van der Waals surface area contributed by atoms with Crippen LogP contribution in [0.15, 0.2) is 194 Å². The highest BCUT2D eigenvalue weighted by Gasteiger charge is 2.15. The number of benzene rings is 7. The second kappa shape index (κ2) is 13.7. The first-order valence-electron chi connectivity index (χ1n) is 17.4. The number of nitrogens with zero attached hydrogens (tertiary/aromatic N) is 4. The lowest BCUT2D eigenvalue weighted by Gasteiger charge is -2.12. The van der Waals surface area contributed by atoms with Crippen LogP contribution in [0.25, 0.3) is 89.7 Å². The van der Waals surface area contributed by atoms with E-state index in [0.717, 1.165) is 61.1 Å². The Bertz CT molecular complexity index is 2520. The molecule has 244 valence electrons. The highest BCUT2D eigenvalue weighted by Crippen LogP contribution is 2.33. The van der Waals surface area contributed by atoms with Crippen LogP contribution in [0.1, 0.15) is 0 Å². The first kappa shape index (κ1) is 31.0. The van der Waals surface area contributed by atoms with E-state index in [-0.39, 0.29) is 0 Å². The maximum atomic E-state index is 5.17. The van der Waals surface area contributed by atoms with E-state index in [2.05, 4.69) is 176 Å². The van der Waals surface area contributed by atoms with E-state index in [1.165, 1.54) is 11.1 Å². The van der Waals surface area contributed by atoms with Crippen molar-refractivity contribution in [1.29, 1.82) is 0 Å². The molecule has 0 N–H and O–H groups in total. The van der Waals surface area contributed by atoms with Gasteiger partial charge >= 0.3 is 0 Å². The molecule has 4 heteroatoms. The largest absolute Gasteiger partial charge is 0.247 e. The standard InChI is InChI=1S/C48H32N4/c1-4-12-33(13-5-1)35-20-26-39(27-21-35)46-50-47(40-28-22-36(23-29-40)34-14-6-2-7-15-34)52-48(51-46)41-30-24-37(25-31-41)44-32-42-18-10-11-19-43(42)45(49-44)38-16-8-3-9-17-38/h1-32H. The molecule has 0 aliphatic carbocycles. The second-order valence-corrected chi connectivity index (χ2v) is 12.7. The lowest BCUT2D eigenvalue weighted by atomic mass is 10.0. The molecule has 0 amide bonds. The van der Waals surface area contributed by atoms with Gasteiger partial charge in [0.05, 0.1) is 11.4 Å². The van der Waals surface area contributed by atoms with Crippen LogP contribution < -0.4 is 0 Å². The fourth-order valence-corrected chi connectivity index (χ4v) is 6.60. The predicted molar refractivity (Wildman–Crippen MR) is 213 cm³/mol. The minimum Gasteiger partial charge on any atom is -0.247 e. The summed E-state index contributed by atoms with van der Waals surface area (Å²) < 4.78 is 0. The zero-order valence-corrected chi connectivity index (χ0v) is 28.3. The van der Waals surface area contributed by atoms with Gasteiger partial charge in [-0.2, -0.15) is 0 Å². The van der Waals surface area contributed by atoms with Crippen molar-refractivity contribution in [3.63, 3.8) is 0 Å². The molecular formula is C48H32N4. The van der Waals surface area contributed by atoms with Gasteiger partial charge in [0.25, 0.3) is 0 Å². The van der Waals surface area contributed by atoms with E-state index in [1.807, 2.05) is 18.2 Å². The van der Waals surface area contributed by atoms with Crippen LogP contribution in [-0.4, -0.2) is 19.9 Å². The highest BCUT2D eigenvalue weighted by atomic mass is 15.0. The summed E-state index contributed by atoms with van der Waals surface area (Å²) in [6, 6.07) is 66.9. The Kier molecular flexibility index (Phi) is 8.16. The van der Waals surface area contributed by atoms with Gasteiger partial charge in [-0.1, -0.05) is 188 Å². The molecule has 7 aromatic carbocycles. The van der Waals surface area contributed by atoms with Crippen molar-refractivity contribution in [2.24, 2.45) is 0 Å². The molecule has 2 aromatic heterocycles. The van der Waals surface area contributed by atoms with Crippen molar-refractivity contribution >= 4 is 10.8 Å². The summed E-state index contributed by atoms with van der Waals surface area (Å²) in [6.07, 6.45) is 0. The summed E-state index contributed by atoms with van der Waals surface area (Å²) in [5, 5.41) is 2.28. The van der Waals surface area contributed by atoms with Crippen LogP contribution in [0.3, 0.4) is 0 Å². The van der Waals surface area contributed by atoms with Gasteiger partial charge < -0.3 is 0 Å². The molecule has 0 atom stereocenters. The van der Waals surface area contributed by atoms with Crippen LogP contribution in [0.5, 0.6) is 0 Å². The number of pyridine rings is 1. The maximum Gasteiger partial charge on any atom is 0.164 e. The molecule has 0 saturated heterocycles. The highest BCUT2D eigenvalue weighted by molar-refractivity contribution is 5.97. The molecule has 9 rings (SSSR count). The van der Waals surface area contributed by atoms with Gasteiger partial charge in [0.15, 0.2) is 17.5 Å². The summed E-state index contributed by atoms with van der Waals surface area (Å²) in [5.41, 5.74) is 11.4. The van der Waals surface area contributed by atoms with Gasteiger partial charge in [-0.15, -0.1) is 0 Å². The van der Waals surface area contributed by atoms with Crippen molar-refractivity contribution in [3.8, 4) is 78.9 Å². The normalized spacial score (nSPS) is 11.1. The predicted octanol–water partition coefficient (Wildman–Crippen LogP) is 12.1. The van der Waals surface area contributed by atoms with Gasteiger partial charge in [-0.25, -0.2) is 19.9 Å². The fourth-order valence-electron chi connectivity index (χ4n) is 6.60. The van der Waals surface area contributed by atoms with Gasteiger partial charge in [-0.05, 0) is 33.7 Å². The Morgan fingerprint density at radius 1 is 0.250 bits per heavy atom. The van der Waals surface area contributed by atoms with Crippen molar-refractivity contribution in [2.75, 3.05) is 0 Å². The third-order valence-electron chi connectivity index (χ3n) is 9.36. The molecule has 52 heavy (non-hydrogen) atoms. The van der Waals surface area contributed by atoms with Crippen LogP contribution in [-0.2, 0) is 0 Å². The van der Waals surface area contributed by atoms with E-state index >= 15 is 0 Å².